The first kappa shape index (κ1) is 9.32. The molecule has 1 rings (SSSR count). The summed E-state index contributed by atoms with van der Waals surface area (Å²) in [5.41, 5.74) is 5.46. The molecule has 3 N–H and O–H groups in total. The van der Waals surface area contributed by atoms with E-state index < -0.39 is 0 Å². The van der Waals surface area contributed by atoms with Crippen molar-refractivity contribution in [2.24, 2.45) is 16.8 Å². The minimum absolute atomic E-state index is 0.139. The molecule has 0 radical (unpaired) electrons. The molecule has 1 aliphatic rings. The van der Waals surface area contributed by atoms with E-state index in [1.54, 1.807) is 0 Å². The van der Waals surface area contributed by atoms with Crippen molar-refractivity contribution in [2.45, 2.75) is 25.8 Å². The highest BCUT2D eigenvalue weighted by Gasteiger charge is 2.27. The first-order chi connectivity index (χ1) is 5.65. The van der Waals surface area contributed by atoms with Gasteiger partial charge >= 0.3 is 0 Å². The van der Waals surface area contributed by atoms with E-state index in [2.05, 4.69) is 17.1 Å². The lowest BCUT2D eigenvalue weighted by Gasteiger charge is -2.19. The molecule has 0 aliphatic heterocycles. The molecule has 1 unspecified atom stereocenters. The van der Waals surface area contributed by atoms with E-state index in [-0.39, 0.29) is 5.92 Å². The van der Waals surface area contributed by atoms with Gasteiger partial charge in [-0.2, -0.15) is 0 Å². The third kappa shape index (κ3) is 2.37. The van der Waals surface area contributed by atoms with Crippen molar-refractivity contribution in [3.8, 4) is 0 Å². The van der Waals surface area contributed by atoms with Gasteiger partial charge in [-0.05, 0) is 19.9 Å². The molecule has 12 heavy (non-hydrogen) atoms. The molecule has 1 fully saturated rings. The highest BCUT2D eigenvalue weighted by Crippen LogP contribution is 2.25. The second-order valence-corrected chi connectivity index (χ2v) is 3.60. The summed E-state index contributed by atoms with van der Waals surface area (Å²) < 4.78 is 0. The molecule has 1 saturated carbocycles. The van der Waals surface area contributed by atoms with Gasteiger partial charge in [-0.15, -0.1) is 0 Å². The Bertz CT molecular complexity index is 177. The van der Waals surface area contributed by atoms with E-state index in [0.29, 0.717) is 5.84 Å². The molecular formula is C8H17N3O. The van der Waals surface area contributed by atoms with Crippen LogP contribution >= 0.6 is 0 Å². The number of hydrogen-bond acceptors (Lipinski definition) is 3. The molecule has 0 aromatic rings. The summed E-state index contributed by atoms with van der Waals surface area (Å²) in [6.45, 7) is 2.84. The van der Waals surface area contributed by atoms with Crippen LogP contribution in [-0.4, -0.2) is 35.6 Å². The number of oxime groups is 1. The number of amidine groups is 1. The fourth-order valence-corrected chi connectivity index (χ4v) is 1.29. The Morgan fingerprint density at radius 1 is 1.75 bits per heavy atom. The van der Waals surface area contributed by atoms with Gasteiger partial charge in [0.15, 0.2) is 0 Å². The van der Waals surface area contributed by atoms with E-state index in [0.717, 1.165) is 12.6 Å². The Labute approximate surface area is 73.0 Å². The van der Waals surface area contributed by atoms with Gasteiger partial charge in [-0.1, -0.05) is 12.1 Å². The fraction of sp³-hybridized carbons (Fsp3) is 0.875. The average Bonchev–Trinajstić information content (AvgIpc) is 2.84. The fourth-order valence-electron chi connectivity index (χ4n) is 1.29. The second kappa shape index (κ2) is 3.76. The molecule has 4 nitrogen and oxygen atoms in total. The topological polar surface area (TPSA) is 61.8 Å². The predicted molar refractivity (Wildman–Crippen MR) is 48.2 cm³/mol. The average molecular weight is 171 g/mol. The Morgan fingerprint density at radius 3 is 2.75 bits per heavy atom. The Morgan fingerprint density at radius 2 is 2.33 bits per heavy atom. The lowest BCUT2D eigenvalue weighted by Crippen LogP contribution is -2.33. The predicted octanol–water partition coefficient (Wildman–Crippen LogP) is 0.463. The van der Waals surface area contributed by atoms with Crippen molar-refractivity contribution >= 4 is 5.84 Å². The van der Waals surface area contributed by atoms with Gasteiger partial charge in [-0.25, -0.2) is 0 Å². The van der Waals surface area contributed by atoms with Crippen LogP contribution < -0.4 is 5.73 Å². The van der Waals surface area contributed by atoms with Gasteiger partial charge in [0.05, 0.1) is 0 Å². The molecule has 0 aromatic carbocycles. The Hall–Kier alpha value is -0.770. The SMILES string of the molecule is CC(CN(C)C1CC1)/C(N)=N/O. The van der Waals surface area contributed by atoms with Crippen molar-refractivity contribution in [1.82, 2.24) is 4.90 Å². The highest BCUT2D eigenvalue weighted by molar-refractivity contribution is 5.82. The zero-order valence-corrected chi connectivity index (χ0v) is 7.70. The van der Waals surface area contributed by atoms with Crippen LogP contribution in [0.3, 0.4) is 0 Å². The molecule has 0 spiro atoms. The van der Waals surface area contributed by atoms with Crippen molar-refractivity contribution in [3.63, 3.8) is 0 Å². The van der Waals surface area contributed by atoms with Gasteiger partial charge in [0.1, 0.15) is 5.84 Å². The number of rotatable bonds is 4. The number of hydrogen-bond donors (Lipinski definition) is 2. The maximum Gasteiger partial charge on any atom is 0.143 e. The molecule has 1 aliphatic carbocycles. The van der Waals surface area contributed by atoms with Crippen LogP contribution in [0, 0.1) is 5.92 Å². The zero-order chi connectivity index (χ0) is 9.14. The molecule has 70 valence electrons. The molecule has 1 atom stereocenters. The van der Waals surface area contributed by atoms with E-state index in [9.17, 15) is 0 Å². The van der Waals surface area contributed by atoms with Crippen LogP contribution in [0.25, 0.3) is 0 Å². The molecule has 0 saturated heterocycles. The van der Waals surface area contributed by atoms with Gasteiger partial charge < -0.3 is 15.8 Å². The molecule has 0 bridgehead atoms. The van der Waals surface area contributed by atoms with Crippen molar-refractivity contribution < 1.29 is 5.21 Å². The first-order valence-corrected chi connectivity index (χ1v) is 4.32. The minimum Gasteiger partial charge on any atom is -0.409 e. The molecule has 4 heteroatoms. The third-order valence-electron chi connectivity index (χ3n) is 2.35. The summed E-state index contributed by atoms with van der Waals surface area (Å²) >= 11 is 0. The first-order valence-electron chi connectivity index (χ1n) is 4.32. The highest BCUT2D eigenvalue weighted by atomic mass is 16.4. The third-order valence-corrected chi connectivity index (χ3v) is 2.35. The van der Waals surface area contributed by atoms with Crippen LogP contribution in [0.1, 0.15) is 19.8 Å². The van der Waals surface area contributed by atoms with Crippen LogP contribution in [0.5, 0.6) is 0 Å². The van der Waals surface area contributed by atoms with Gasteiger partial charge in [0.25, 0.3) is 0 Å². The molecule has 0 heterocycles. The lowest BCUT2D eigenvalue weighted by molar-refractivity contribution is 0.289. The summed E-state index contributed by atoms with van der Waals surface area (Å²) in [6.07, 6.45) is 2.58. The summed E-state index contributed by atoms with van der Waals surface area (Å²) in [4.78, 5) is 2.27. The maximum atomic E-state index is 8.42. The van der Waals surface area contributed by atoms with Crippen molar-refractivity contribution in [3.05, 3.63) is 0 Å². The van der Waals surface area contributed by atoms with Crippen molar-refractivity contribution in [2.75, 3.05) is 13.6 Å². The largest absolute Gasteiger partial charge is 0.409 e. The Balaban J connectivity index is 2.28. The van der Waals surface area contributed by atoms with Crippen LogP contribution in [0.4, 0.5) is 0 Å². The van der Waals surface area contributed by atoms with E-state index in [4.69, 9.17) is 10.9 Å². The normalized spacial score (nSPS) is 21.4. The Kier molecular flexibility index (Phi) is 2.92. The van der Waals surface area contributed by atoms with Gasteiger partial charge in [0.2, 0.25) is 0 Å². The lowest BCUT2D eigenvalue weighted by atomic mass is 10.1. The quantitative estimate of drug-likeness (QED) is 0.279. The monoisotopic (exact) mass is 171 g/mol. The zero-order valence-electron chi connectivity index (χ0n) is 7.70. The number of nitrogens with zero attached hydrogens (tertiary/aromatic N) is 2. The maximum absolute atomic E-state index is 8.42. The van der Waals surface area contributed by atoms with Crippen LogP contribution in [-0.2, 0) is 0 Å². The summed E-state index contributed by atoms with van der Waals surface area (Å²) in [7, 11) is 2.08. The van der Waals surface area contributed by atoms with E-state index in [1.807, 2.05) is 6.92 Å². The van der Waals surface area contributed by atoms with E-state index >= 15 is 0 Å². The van der Waals surface area contributed by atoms with Crippen LogP contribution in [0.2, 0.25) is 0 Å². The standard InChI is InChI=1S/C8H17N3O/c1-6(8(9)10-12)5-11(2)7-3-4-7/h6-7,12H,3-5H2,1-2H3,(H2,9,10). The minimum atomic E-state index is 0.139. The smallest absolute Gasteiger partial charge is 0.143 e. The number of nitrogens with two attached hydrogens (primary N) is 1. The molecular weight excluding hydrogens is 154 g/mol. The molecule has 0 aromatic heterocycles. The van der Waals surface area contributed by atoms with E-state index in [1.165, 1.54) is 12.8 Å². The molecule has 0 amide bonds. The van der Waals surface area contributed by atoms with Gasteiger partial charge in [0, 0.05) is 18.5 Å². The summed E-state index contributed by atoms with van der Waals surface area (Å²) in [5.74, 6) is 0.461. The summed E-state index contributed by atoms with van der Waals surface area (Å²) in [5, 5.41) is 11.4. The second-order valence-electron chi connectivity index (χ2n) is 3.60. The van der Waals surface area contributed by atoms with Crippen molar-refractivity contribution in [1.29, 1.82) is 0 Å². The summed E-state index contributed by atoms with van der Waals surface area (Å²) in [6, 6.07) is 0.735. The van der Waals surface area contributed by atoms with Gasteiger partial charge in [-0.3, -0.25) is 0 Å². The van der Waals surface area contributed by atoms with Crippen LogP contribution in [0.15, 0.2) is 5.16 Å².